The fourth-order valence-electron chi connectivity index (χ4n) is 2.43. The summed E-state index contributed by atoms with van der Waals surface area (Å²) in [5.41, 5.74) is 5.59. The van der Waals surface area contributed by atoms with Crippen LogP contribution in [-0.4, -0.2) is 0 Å². The van der Waals surface area contributed by atoms with E-state index in [4.69, 9.17) is 11.8 Å². The Morgan fingerprint density at radius 3 is 2.76 bits per heavy atom. The summed E-state index contributed by atoms with van der Waals surface area (Å²) < 4.78 is 0. The van der Waals surface area contributed by atoms with Crippen molar-refractivity contribution in [3.63, 3.8) is 0 Å². The van der Waals surface area contributed by atoms with Gasteiger partial charge in [0.05, 0.1) is 18.2 Å². The first kappa shape index (κ1) is 9.63. The molecule has 0 saturated heterocycles. The molecule has 2 aromatic rings. The molecule has 78 valence electrons. The molecule has 0 spiro atoms. The minimum Gasteiger partial charge on any atom is -0.238 e. The van der Waals surface area contributed by atoms with Crippen LogP contribution in [0.4, 0.5) is 5.69 Å². The van der Waals surface area contributed by atoms with Gasteiger partial charge in [-0.15, -0.1) is 0 Å². The second-order valence-electron chi connectivity index (χ2n) is 4.04. The Kier molecular flexibility index (Phi) is 1.97. The minimum atomic E-state index is 0.662. The van der Waals surface area contributed by atoms with Crippen molar-refractivity contribution < 1.29 is 0 Å². The SMILES string of the molecule is [C-]#[N+]c1ccc(C#N)c2c1Cc1ccccc1-2. The standard InChI is InChI=1S/C15H8N2/c1-17-14-7-6-11(9-16)15-12-5-3-2-4-10(12)8-13(14)15/h2-7H,8H2. The van der Waals surface area contributed by atoms with Gasteiger partial charge in [-0.2, -0.15) is 5.26 Å². The summed E-state index contributed by atoms with van der Waals surface area (Å²) in [5, 5.41) is 9.16. The number of rotatable bonds is 0. The maximum Gasteiger partial charge on any atom is 0.191 e. The van der Waals surface area contributed by atoms with Crippen LogP contribution in [0.1, 0.15) is 16.7 Å². The van der Waals surface area contributed by atoms with Gasteiger partial charge in [0.25, 0.3) is 0 Å². The molecule has 2 nitrogen and oxygen atoms in total. The van der Waals surface area contributed by atoms with Crippen LogP contribution in [0.3, 0.4) is 0 Å². The predicted molar refractivity (Wildman–Crippen MR) is 65.7 cm³/mol. The summed E-state index contributed by atoms with van der Waals surface area (Å²) in [6, 6.07) is 13.8. The Morgan fingerprint density at radius 1 is 1.18 bits per heavy atom. The normalized spacial score (nSPS) is 11.2. The third kappa shape index (κ3) is 1.25. The highest BCUT2D eigenvalue weighted by molar-refractivity contribution is 5.86. The van der Waals surface area contributed by atoms with Gasteiger partial charge in [-0.05, 0) is 28.7 Å². The fraction of sp³-hybridized carbons (Fsp3) is 0.0667. The van der Waals surface area contributed by atoms with Gasteiger partial charge in [-0.3, -0.25) is 0 Å². The summed E-state index contributed by atoms with van der Waals surface area (Å²) in [6.07, 6.45) is 0.763. The lowest BCUT2D eigenvalue weighted by Crippen LogP contribution is -1.85. The van der Waals surface area contributed by atoms with Gasteiger partial charge >= 0.3 is 0 Å². The zero-order valence-corrected chi connectivity index (χ0v) is 9.07. The first-order valence-corrected chi connectivity index (χ1v) is 5.37. The first-order valence-electron chi connectivity index (χ1n) is 5.37. The van der Waals surface area contributed by atoms with Crippen LogP contribution in [0.5, 0.6) is 0 Å². The van der Waals surface area contributed by atoms with E-state index < -0.39 is 0 Å². The molecule has 0 fully saturated rings. The molecule has 2 aromatic carbocycles. The largest absolute Gasteiger partial charge is 0.238 e. The Balaban J connectivity index is 2.40. The van der Waals surface area contributed by atoms with E-state index in [-0.39, 0.29) is 0 Å². The lowest BCUT2D eigenvalue weighted by molar-refractivity contribution is 1.27. The molecule has 0 N–H and O–H groups in total. The van der Waals surface area contributed by atoms with Crippen molar-refractivity contribution in [2.75, 3.05) is 0 Å². The van der Waals surface area contributed by atoms with Crippen molar-refractivity contribution in [3.8, 4) is 17.2 Å². The van der Waals surface area contributed by atoms with E-state index in [0.29, 0.717) is 11.3 Å². The summed E-state index contributed by atoms with van der Waals surface area (Å²) in [4.78, 5) is 3.54. The van der Waals surface area contributed by atoms with E-state index >= 15 is 0 Å². The highest BCUT2D eigenvalue weighted by atomic mass is 14.7. The molecule has 2 heteroatoms. The molecule has 0 amide bonds. The summed E-state index contributed by atoms with van der Waals surface area (Å²) >= 11 is 0. The fourth-order valence-corrected chi connectivity index (χ4v) is 2.43. The van der Waals surface area contributed by atoms with Gasteiger partial charge < -0.3 is 0 Å². The second kappa shape index (κ2) is 3.47. The van der Waals surface area contributed by atoms with Crippen LogP contribution < -0.4 is 0 Å². The monoisotopic (exact) mass is 216 g/mol. The zero-order chi connectivity index (χ0) is 11.8. The topological polar surface area (TPSA) is 28.1 Å². The predicted octanol–water partition coefficient (Wildman–Crippen LogP) is 3.68. The molecule has 1 aliphatic rings. The van der Waals surface area contributed by atoms with Crippen LogP contribution in [0.2, 0.25) is 0 Å². The molecule has 1 aliphatic carbocycles. The number of fused-ring (bicyclic) bond motifs is 3. The van der Waals surface area contributed by atoms with E-state index in [1.807, 2.05) is 18.2 Å². The number of nitrogens with zero attached hydrogens (tertiary/aromatic N) is 2. The molecule has 0 saturated carbocycles. The molecule has 0 radical (unpaired) electrons. The van der Waals surface area contributed by atoms with Crippen molar-refractivity contribution >= 4 is 5.69 Å². The molecule has 0 bridgehead atoms. The lowest BCUT2D eigenvalue weighted by atomic mass is 9.99. The van der Waals surface area contributed by atoms with E-state index in [1.54, 1.807) is 12.1 Å². The van der Waals surface area contributed by atoms with Crippen LogP contribution >= 0.6 is 0 Å². The van der Waals surface area contributed by atoms with E-state index in [1.165, 1.54) is 5.56 Å². The Hall–Kier alpha value is -2.58. The van der Waals surface area contributed by atoms with Crippen molar-refractivity contribution in [1.82, 2.24) is 0 Å². The van der Waals surface area contributed by atoms with Crippen LogP contribution in [-0.2, 0) is 6.42 Å². The van der Waals surface area contributed by atoms with Crippen molar-refractivity contribution in [1.29, 1.82) is 5.26 Å². The molecule has 0 aromatic heterocycles. The van der Waals surface area contributed by atoms with E-state index in [2.05, 4.69) is 17.0 Å². The summed E-state index contributed by atoms with van der Waals surface area (Å²) in [6.45, 7) is 7.19. The number of nitriles is 1. The van der Waals surface area contributed by atoms with E-state index in [0.717, 1.165) is 23.1 Å². The van der Waals surface area contributed by atoms with Crippen molar-refractivity contribution in [3.05, 3.63) is 64.5 Å². The highest BCUT2D eigenvalue weighted by Gasteiger charge is 2.23. The minimum absolute atomic E-state index is 0.662. The van der Waals surface area contributed by atoms with Gasteiger partial charge in [0.15, 0.2) is 5.69 Å². The molecule has 17 heavy (non-hydrogen) atoms. The average molecular weight is 216 g/mol. The van der Waals surface area contributed by atoms with Crippen LogP contribution in [0.25, 0.3) is 16.0 Å². The smallest absolute Gasteiger partial charge is 0.191 e. The molecular weight excluding hydrogens is 208 g/mol. The first-order chi connectivity index (χ1) is 8.35. The van der Waals surface area contributed by atoms with Gasteiger partial charge in [0.1, 0.15) is 0 Å². The van der Waals surface area contributed by atoms with Crippen LogP contribution in [0.15, 0.2) is 36.4 Å². The third-order valence-corrected chi connectivity index (χ3v) is 3.18. The number of hydrogen-bond donors (Lipinski definition) is 0. The molecule has 0 unspecified atom stereocenters. The Morgan fingerprint density at radius 2 is 2.00 bits per heavy atom. The van der Waals surface area contributed by atoms with Gasteiger partial charge in [-0.1, -0.05) is 36.4 Å². The van der Waals surface area contributed by atoms with Gasteiger partial charge in [0, 0.05) is 0 Å². The van der Waals surface area contributed by atoms with Gasteiger partial charge in [-0.25, -0.2) is 4.85 Å². The second-order valence-corrected chi connectivity index (χ2v) is 4.04. The highest BCUT2D eigenvalue weighted by Crippen LogP contribution is 2.43. The Bertz CT molecular complexity index is 700. The van der Waals surface area contributed by atoms with E-state index in [9.17, 15) is 0 Å². The lowest BCUT2D eigenvalue weighted by Gasteiger charge is -2.04. The molecule has 0 heterocycles. The van der Waals surface area contributed by atoms with Crippen LogP contribution in [0, 0.1) is 17.9 Å². The molecule has 3 rings (SSSR count). The third-order valence-electron chi connectivity index (χ3n) is 3.18. The molecular formula is C15H8N2. The summed E-state index contributed by atoms with van der Waals surface area (Å²) in [7, 11) is 0. The maximum atomic E-state index is 9.16. The number of hydrogen-bond acceptors (Lipinski definition) is 1. The zero-order valence-electron chi connectivity index (χ0n) is 9.07. The maximum absolute atomic E-state index is 9.16. The van der Waals surface area contributed by atoms with Gasteiger partial charge in [0.2, 0.25) is 0 Å². The summed E-state index contributed by atoms with van der Waals surface area (Å²) in [5.74, 6) is 0. The quantitative estimate of drug-likeness (QED) is 0.527. The molecule has 0 aliphatic heterocycles. The molecule has 0 atom stereocenters. The number of benzene rings is 2. The van der Waals surface area contributed by atoms with Crippen molar-refractivity contribution in [2.24, 2.45) is 0 Å². The average Bonchev–Trinajstić information content (AvgIpc) is 2.77. The van der Waals surface area contributed by atoms with Crippen molar-refractivity contribution in [2.45, 2.75) is 6.42 Å². The Labute approximate surface area is 99.6 Å².